The lowest BCUT2D eigenvalue weighted by molar-refractivity contribution is 0.368. The Morgan fingerprint density at radius 1 is 1.19 bits per heavy atom. The summed E-state index contributed by atoms with van der Waals surface area (Å²) in [5.41, 5.74) is 1.91. The monoisotopic (exact) mass is 301 g/mol. The van der Waals surface area contributed by atoms with Crippen LogP contribution in [0.5, 0.6) is 0 Å². The first kappa shape index (κ1) is 13.5. The van der Waals surface area contributed by atoms with Crippen molar-refractivity contribution < 1.29 is 9.05 Å². The van der Waals surface area contributed by atoms with Gasteiger partial charge in [0, 0.05) is 11.1 Å². The van der Waals surface area contributed by atoms with Crippen LogP contribution >= 0.6 is 11.3 Å². The molecule has 0 bridgehead atoms. The highest BCUT2D eigenvalue weighted by Crippen LogP contribution is 2.17. The highest BCUT2D eigenvalue weighted by atomic mass is 32.1. The Labute approximate surface area is 124 Å². The molecule has 0 fully saturated rings. The molecule has 0 saturated carbocycles. The molecule has 3 heterocycles. The van der Waals surface area contributed by atoms with Crippen LogP contribution in [0.2, 0.25) is 0 Å². The summed E-state index contributed by atoms with van der Waals surface area (Å²) in [6, 6.07) is 2.06. The minimum Gasteiger partial charge on any atom is -0.360 e. The second kappa shape index (κ2) is 5.46. The van der Waals surface area contributed by atoms with E-state index < -0.39 is 0 Å². The van der Waals surface area contributed by atoms with Gasteiger partial charge >= 0.3 is 0 Å². The number of hydrogen-bond donors (Lipinski definition) is 0. The summed E-state index contributed by atoms with van der Waals surface area (Å²) in [7, 11) is 0. The summed E-state index contributed by atoms with van der Waals surface area (Å²) in [5, 5.41) is 19.7. The van der Waals surface area contributed by atoms with E-state index in [0.717, 1.165) is 10.7 Å². The molecule has 3 aromatic rings. The highest BCUT2D eigenvalue weighted by molar-refractivity contribution is 7.09. The van der Waals surface area contributed by atoms with Crippen LogP contribution in [0.15, 0.2) is 14.4 Å². The molecule has 0 aliphatic rings. The molecule has 0 radical (unpaired) electrons. The first-order valence-electron chi connectivity index (χ1n) is 6.23. The van der Waals surface area contributed by atoms with Crippen molar-refractivity contribution >= 4 is 11.3 Å². The number of aryl methyl sites for hydroxylation is 2. The summed E-state index contributed by atoms with van der Waals surface area (Å²) in [6.07, 6.45) is 0.815. The minimum absolute atomic E-state index is 0.282. The molecule has 0 spiro atoms. The zero-order valence-corrected chi connectivity index (χ0v) is 12.3. The Balaban J connectivity index is 1.74. The van der Waals surface area contributed by atoms with Crippen LogP contribution in [-0.2, 0) is 12.8 Å². The molecule has 3 aromatic heterocycles. The van der Waals surface area contributed by atoms with Gasteiger partial charge in [0.05, 0.1) is 12.8 Å². The van der Waals surface area contributed by atoms with Gasteiger partial charge in [-0.2, -0.15) is 10.2 Å². The van der Waals surface area contributed by atoms with Crippen LogP contribution in [0.1, 0.15) is 39.4 Å². The predicted molar refractivity (Wildman–Crippen MR) is 72.7 cm³/mol. The Hall–Kier alpha value is -2.53. The summed E-state index contributed by atoms with van der Waals surface area (Å²) < 4.78 is 10.2. The van der Waals surface area contributed by atoms with E-state index in [1.807, 2.05) is 12.3 Å². The van der Waals surface area contributed by atoms with E-state index in [1.54, 1.807) is 18.3 Å². The van der Waals surface area contributed by atoms with Gasteiger partial charge in [-0.3, -0.25) is 0 Å². The van der Waals surface area contributed by atoms with Gasteiger partial charge in [-0.25, -0.2) is 4.98 Å². The summed E-state index contributed by atoms with van der Waals surface area (Å²) >= 11 is 1.56. The molecule has 106 valence electrons. The van der Waals surface area contributed by atoms with Crippen LogP contribution in [-0.4, -0.2) is 20.3 Å². The number of nitriles is 1. The molecule has 0 N–H and O–H groups in total. The second-order valence-corrected chi connectivity index (χ2v) is 5.46. The maximum atomic E-state index is 9.05. The van der Waals surface area contributed by atoms with E-state index in [0.29, 0.717) is 35.2 Å². The van der Waals surface area contributed by atoms with Crippen molar-refractivity contribution in [3.8, 4) is 6.07 Å². The summed E-state index contributed by atoms with van der Waals surface area (Å²) in [5.74, 6) is 1.46. The van der Waals surface area contributed by atoms with Crippen molar-refractivity contribution in [3.63, 3.8) is 0 Å². The lowest BCUT2D eigenvalue weighted by Crippen LogP contribution is -1.94. The third-order valence-corrected chi connectivity index (χ3v) is 3.82. The molecule has 0 aromatic carbocycles. The molecule has 0 atom stereocenters. The standard InChI is InChI=1S/C13H11N5O2S/c1-7-6-21-13(15-7)4-11-16-12(20-18-11)3-10-9(5-14)8(2)19-17-10/h6H,3-4H2,1-2H3. The van der Waals surface area contributed by atoms with Crippen LogP contribution in [0, 0.1) is 25.2 Å². The van der Waals surface area contributed by atoms with E-state index >= 15 is 0 Å². The SMILES string of the molecule is Cc1csc(Cc2noc(Cc3noc(C)c3C#N)n2)n1. The number of thiazole rings is 1. The molecule has 0 unspecified atom stereocenters. The fraction of sp³-hybridized carbons (Fsp3) is 0.308. The third-order valence-electron chi connectivity index (χ3n) is 2.85. The maximum Gasteiger partial charge on any atom is 0.232 e. The molecule has 0 aliphatic heterocycles. The smallest absolute Gasteiger partial charge is 0.232 e. The molecule has 7 nitrogen and oxygen atoms in total. The van der Waals surface area contributed by atoms with Gasteiger partial charge in [0.1, 0.15) is 22.3 Å². The largest absolute Gasteiger partial charge is 0.360 e. The van der Waals surface area contributed by atoms with Crippen molar-refractivity contribution in [1.29, 1.82) is 5.26 Å². The summed E-state index contributed by atoms with van der Waals surface area (Å²) in [6.45, 7) is 3.64. The molecule has 0 aliphatic carbocycles. The average Bonchev–Trinajstić information content (AvgIpc) is 3.14. The molecule has 0 amide bonds. The van der Waals surface area contributed by atoms with E-state index in [9.17, 15) is 0 Å². The number of aromatic nitrogens is 4. The zero-order chi connectivity index (χ0) is 14.8. The van der Waals surface area contributed by atoms with Crippen molar-refractivity contribution in [3.05, 3.63) is 44.8 Å². The molecule has 3 rings (SSSR count). The topological polar surface area (TPSA) is 102 Å². The van der Waals surface area contributed by atoms with Gasteiger partial charge in [0.2, 0.25) is 5.89 Å². The van der Waals surface area contributed by atoms with E-state index in [2.05, 4.69) is 26.4 Å². The minimum atomic E-state index is 0.282. The van der Waals surface area contributed by atoms with Gasteiger partial charge in [0.25, 0.3) is 0 Å². The van der Waals surface area contributed by atoms with Gasteiger partial charge in [-0.1, -0.05) is 10.3 Å². The maximum absolute atomic E-state index is 9.05. The van der Waals surface area contributed by atoms with E-state index in [-0.39, 0.29) is 6.42 Å². The Bertz CT molecular complexity index is 811. The lowest BCUT2D eigenvalue weighted by Gasteiger charge is -1.89. The van der Waals surface area contributed by atoms with Crippen molar-refractivity contribution in [2.24, 2.45) is 0 Å². The van der Waals surface area contributed by atoms with Crippen LogP contribution in [0.3, 0.4) is 0 Å². The van der Waals surface area contributed by atoms with Gasteiger partial charge < -0.3 is 9.05 Å². The van der Waals surface area contributed by atoms with Crippen molar-refractivity contribution in [2.75, 3.05) is 0 Å². The Kier molecular flexibility index (Phi) is 3.50. The predicted octanol–water partition coefficient (Wildman–Crippen LogP) is 2.18. The number of hydrogen-bond acceptors (Lipinski definition) is 8. The highest BCUT2D eigenvalue weighted by Gasteiger charge is 2.16. The van der Waals surface area contributed by atoms with Crippen LogP contribution < -0.4 is 0 Å². The molecule has 8 heteroatoms. The summed E-state index contributed by atoms with van der Waals surface area (Å²) in [4.78, 5) is 8.65. The van der Waals surface area contributed by atoms with Gasteiger partial charge in [0.15, 0.2) is 11.6 Å². The zero-order valence-electron chi connectivity index (χ0n) is 11.5. The first-order chi connectivity index (χ1) is 10.2. The quantitative estimate of drug-likeness (QED) is 0.727. The molecular weight excluding hydrogens is 290 g/mol. The normalized spacial score (nSPS) is 10.7. The van der Waals surface area contributed by atoms with Crippen molar-refractivity contribution in [2.45, 2.75) is 26.7 Å². The van der Waals surface area contributed by atoms with Crippen LogP contribution in [0.4, 0.5) is 0 Å². The van der Waals surface area contributed by atoms with E-state index in [1.165, 1.54) is 0 Å². The number of nitrogens with zero attached hydrogens (tertiary/aromatic N) is 5. The fourth-order valence-corrected chi connectivity index (χ4v) is 2.65. The second-order valence-electron chi connectivity index (χ2n) is 4.51. The molecular formula is C13H11N5O2S. The van der Waals surface area contributed by atoms with Gasteiger partial charge in [-0.15, -0.1) is 11.3 Å². The Morgan fingerprint density at radius 2 is 2.05 bits per heavy atom. The third kappa shape index (κ3) is 2.83. The fourth-order valence-electron chi connectivity index (χ4n) is 1.88. The van der Waals surface area contributed by atoms with E-state index in [4.69, 9.17) is 14.3 Å². The lowest BCUT2D eigenvalue weighted by atomic mass is 10.2. The van der Waals surface area contributed by atoms with Crippen LogP contribution in [0.25, 0.3) is 0 Å². The number of rotatable bonds is 4. The van der Waals surface area contributed by atoms with Gasteiger partial charge in [-0.05, 0) is 13.8 Å². The van der Waals surface area contributed by atoms with Crippen molar-refractivity contribution in [1.82, 2.24) is 20.3 Å². The Morgan fingerprint density at radius 3 is 2.76 bits per heavy atom. The first-order valence-corrected chi connectivity index (χ1v) is 7.11. The average molecular weight is 301 g/mol. The molecule has 0 saturated heterocycles. The molecule has 21 heavy (non-hydrogen) atoms.